The maximum atomic E-state index is 12.2. The van der Waals surface area contributed by atoms with Gasteiger partial charge in [0.2, 0.25) is 5.91 Å². The Hall–Kier alpha value is -3.52. The van der Waals surface area contributed by atoms with Crippen molar-refractivity contribution in [3.05, 3.63) is 73.4 Å². The van der Waals surface area contributed by atoms with E-state index >= 15 is 0 Å². The highest BCUT2D eigenvalue weighted by molar-refractivity contribution is 7.99. The number of para-hydroxylation sites is 2. The number of rotatable bonds is 8. The van der Waals surface area contributed by atoms with Crippen molar-refractivity contribution in [1.29, 1.82) is 0 Å². The fourth-order valence-electron chi connectivity index (χ4n) is 2.80. The van der Waals surface area contributed by atoms with Crippen molar-refractivity contribution in [3.63, 3.8) is 0 Å². The molecule has 8 heteroatoms. The Morgan fingerprint density at radius 3 is 2.63 bits per heavy atom. The predicted molar refractivity (Wildman–Crippen MR) is 118 cm³/mol. The standard InChI is InChI=1S/C22H22N4O3S/c1-3-13-23-21(28)25-20(27)15-30-22-24-14-18(16-9-5-4-6-10-16)26(22)17-11-7-8-12-19(17)29-2/h3-12,14H,1,13,15H2,2H3,(H2,23,25,27,28). The van der Waals surface area contributed by atoms with Crippen molar-refractivity contribution in [2.45, 2.75) is 5.16 Å². The van der Waals surface area contributed by atoms with Gasteiger partial charge in [-0.2, -0.15) is 0 Å². The molecule has 0 atom stereocenters. The summed E-state index contributed by atoms with van der Waals surface area (Å²) in [6.45, 7) is 3.80. The number of benzene rings is 2. The lowest BCUT2D eigenvalue weighted by Crippen LogP contribution is -2.40. The molecule has 0 bridgehead atoms. The first-order valence-corrected chi connectivity index (χ1v) is 10.2. The second kappa shape index (κ2) is 10.3. The molecule has 2 N–H and O–H groups in total. The molecular weight excluding hydrogens is 400 g/mol. The summed E-state index contributed by atoms with van der Waals surface area (Å²) in [5, 5.41) is 5.40. The molecule has 0 radical (unpaired) electrons. The molecule has 7 nitrogen and oxygen atoms in total. The molecule has 3 amide bonds. The van der Waals surface area contributed by atoms with Crippen LogP contribution in [-0.2, 0) is 4.79 Å². The van der Waals surface area contributed by atoms with Crippen LogP contribution in [0, 0.1) is 0 Å². The highest BCUT2D eigenvalue weighted by Gasteiger charge is 2.18. The van der Waals surface area contributed by atoms with Crippen LogP contribution < -0.4 is 15.4 Å². The van der Waals surface area contributed by atoms with Crippen LogP contribution in [0.15, 0.2) is 78.6 Å². The van der Waals surface area contributed by atoms with Gasteiger partial charge < -0.3 is 10.1 Å². The summed E-state index contributed by atoms with van der Waals surface area (Å²) >= 11 is 1.23. The second-order valence-corrected chi connectivity index (χ2v) is 7.08. The van der Waals surface area contributed by atoms with Crippen LogP contribution in [0.1, 0.15) is 0 Å². The van der Waals surface area contributed by atoms with Gasteiger partial charge in [0, 0.05) is 12.1 Å². The summed E-state index contributed by atoms with van der Waals surface area (Å²) in [6.07, 6.45) is 3.30. The van der Waals surface area contributed by atoms with E-state index in [0.29, 0.717) is 10.9 Å². The van der Waals surface area contributed by atoms with Crippen LogP contribution in [0.4, 0.5) is 4.79 Å². The highest BCUT2D eigenvalue weighted by Crippen LogP contribution is 2.33. The normalized spacial score (nSPS) is 10.3. The van der Waals surface area contributed by atoms with E-state index in [0.717, 1.165) is 16.9 Å². The van der Waals surface area contributed by atoms with Crippen molar-refractivity contribution < 1.29 is 14.3 Å². The van der Waals surface area contributed by atoms with Crippen LogP contribution >= 0.6 is 11.8 Å². The molecule has 1 heterocycles. The Kier molecular flexibility index (Phi) is 7.29. The van der Waals surface area contributed by atoms with Gasteiger partial charge in [0.05, 0.1) is 30.4 Å². The van der Waals surface area contributed by atoms with Crippen LogP contribution in [0.25, 0.3) is 16.9 Å². The van der Waals surface area contributed by atoms with Gasteiger partial charge in [0.25, 0.3) is 0 Å². The van der Waals surface area contributed by atoms with E-state index in [-0.39, 0.29) is 12.3 Å². The number of hydrogen-bond acceptors (Lipinski definition) is 5. The number of imide groups is 1. The first-order valence-electron chi connectivity index (χ1n) is 9.22. The lowest BCUT2D eigenvalue weighted by atomic mass is 10.1. The Morgan fingerprint density at radius 2 is 1.90 bits per heavy atom. The average molecular weight is 423 g/mol. The zero-order valence-electron chi connectivity index (χ0n) is 16.5. The van der Waals surface area contributed by atoms with Gasteiger partial charge in [0.15, 0.2) is 5.16 Å². The molecular formula is C22H22N4O3S. The molecule has 154 valence electrons. The maximum Gasteiger partial charge on any atom is 0.321 e. The van der Waals surface area contributed by atoms with E-state index in [9.17, 15) is 9.59 Å². The molecule has 2 aromatic carbocycles. The van der Waals surface area contributed by atoms with Crippen molar-refractivity contribution in [3.8, 4) is 22.7 Å². The number of methoxy groups -OCH3 is 1. The minimum atomic E-state index is -0.557. The SMILES string of the molecule is C=CCNC(=O)NC(=O)CSc1ncc(-c2ccccc2)n1-c1ccccc1OC. The molecule has 0 unspecified atom stereocenters. The summed E-state index contributed by atoms with van der Waals surface area (Å²) < 4.78 is 7.48. The predicted octanol–water partition coefficient (Wildman–Crippen LogP) is 3.65. The van der Waals surface area contributed by atoms with Crippen molar-refractivity contribution in [1.82, 2.24) is 20.2 Å². The van der Waals surface area contributed by atoms with Gasteiger partial charge in [-0.25, -0.2) is 9.78 Å². The smallest absolute Gasteiger partial charge is 0.321 e. The minimum Gasteiger partial charge on any atom is -0.495 e. The lowest BCUT2D eigenvalue weighted by molar-refractivity contribution is -0.117. The highest BCUT2D eigenvalue weighted by atomic mass is 32.2. The summed E-state index contributed by atoms with van der Waals surface area (Å²) in [4.78, 5) is 28.3. The zero-order chi connectivity index (χ0) is 21.3. The molecule has 0 aliphatic heterocycles. The summed E-state index contributed by atoms with van der Waals surface area (Å²) in [7, 11) is 1.61. The van der Waals surface area contributed by atoms with Crippen LogP contribution in [0.3, 0.4) is 0 Å². The average Bonchev–Trinajstić information content (AvgIpc) is 3.20. The van der Waals surface area contributed by atoms with Crippen molar-refractivity contribution in [2.24, 2.45) is 0 Å². The fraction of sp³-hybridized carbons (Fsp3) is 0.136. The van der Waals surface area contributed by atoms with E-state index < -0.39 is 11.9 Å². The Bertz CT molecular complexity index is 1030. The number of carbonyl (C=O) groups excluding carboxylic acids is 2. The number of urea groups is 1. The Morgan fingerprint density at radius 1 is 1.17 bits per heavy atom. The van der Waals surface area contributed by atoms with Crippen LogP contribution in [0.2, 0.25) is 0 Å². The molecule has 30 heavy (non-hydrogen) atoms. The Labute approximate surface area is 179 Å². The molecule has 0 fully saturated rings. The zero-order valence-corrected chi connectivity index (χ0v) is 17.3. The Balaban J connectivity index is 1.88. The van der Waals surface area contributed by atoms with E-state index in [4.69, 9.17) is 4.74 Å². The second-order valence-electron chi connectivity index (χ2n) is 6.13. The van der Waals surface area contributed by atoms with Crippen molar-refractivity contribution in [2.75, 3.05) is 19.4 Å². The number of thioether (sulfide) groups is 1. The minimum absolute atomic E-state index is 0.0297. The molecule has 0 spiro atoms. The van der Waals surface area contributed by atoms with Crippen molar-refractivity contribution >= 4 is 23.7 Å². The number of hydrogen-bond donors (Lipinski definition) is 2. The van der Waals surface area contributed by atoms with Gasteiger partial charge in [-0.1, -0.05) is 60.3 Å². The number of amides is 3. The quantitative estimate of drug-likeness (QED) is 0.428. The summed E-state index contributed by atoms with van der Waals surface area (Å²) in [5.41, 5.74) is 2.66. The lowest BCUT2D eigenvalue weighted by Gasteiger charge is -2.15. The number of ether oxygens (including phenoxy) is 1. The molecule has 0 aliphatic rings. The molecule has 1 aromatic heterocycles. The van der Waals surface area contributed by atoms with Gasteiger partial charge in [-0.15, -0.1) is 6.58 Å². The third-order valence-electron chi connectivity index (χ3n) is 4.12. The van der Waals surface area contributed by atoms with Crippen LogP contribution in [-0.4, -0.2) is 40.9 Å². The number of nitrogens with one attached hydrogen (secondary N) is 2. The van der Waals surface area contributed by atoms with Gasteiger partial charge in [-0.05, 0) is 12.1 Å². The van der Waals surface area contributed by atoms with E-state index in [1.807, 2.05) is 59.2 Å². The number of carbonyl (C=O) groups is 2. The first-order chi connectivity index (χ1) is 14.6. The monoisotopic (exact) mass is 422 g/mol. The summed E-state index contributed by atoms with van der Waals surface area (Å²) in [5.74, 6) is 0.294. The van der Waals surface area contributed by atoms with Gasteiger partial charge >= 0.3 is 6.03 Å². The van der Waals surface area contributed by atoms with Gasteiger partial charge in [-0.3, -0.25) is 14.7 Å². The maximum absolute atomic E-state index is 12.2. The molecule has 3 aromatic rings. The fourth-order valence-corrected chi connectivity index (χ4v) is 3.58. The number of aromatic nitrogens is 2. The molecule has 3 rings (SSSR count). The molecule has 0 saturated heterocycles. The van der Waals surface area contributed by atoms with E-state index in [1.165, 1.54) is 17.8 Å². The molecule has 0 saturated carbocycles. The summed E-state index contributed by atoms with van der Waals surface area (Å²) in [6, 6.07) is 16.9. The first kappa shape index (κ1) is 21.2. The van der Waals surface area contributed by atoms with Gasteiger partial charge in [0.1, 0.15) is 5.75 Å². The largest absolute Gasteiger partial charge is 0.495 e. The van der Waals surface area contributed by atoms with E-state index in [1.54, 1.807) is 13.3 Å². The number of imidazole rings is 1. The van der Waals surface area contributed by atoms with E-state index in [2.05, 4.69) is 22.2 Å². The third-order valence-corrected chi connectivity index (χ3v) is 5.07. The third kappa shape index (κ3) is 5.09. The molecule has 0 aliphatic carbocycles. The number of nitrogens with zero attached hydrogens (tertiary/aromatic N) is 2. The van der Waals surface area contributed by atoms with Crippen LogP contribution in [0.5, 0.6) is 5.75 Å². The topological polar surface area (TPSA) is 85.3 Å².